The number of aliphatic hydroxyl groups excluding tert-OH is 1. The molecule has 6 heteroatoms. The van der Waals surface area contributed by atoms with Crippen LogP contribution < -0.4 is 5.32 Å². The van der Waals surface area contributed by atoms with E-state index in [4.69, 9.17) is 0 Å². The molecule has 0 spiro atoms. The number of aromatic nitrogens is 1. The summed E-state index contributed by atoms with van der Waals surface area (Å²) < 4.78 is 0. The summed E-state index contributed by atoms with van der Waals surface area (Å²) in [6.45, 7) is 4.01. The Kier molecular flexibility index (Phi) is 4.19. The van der Waals surface area contributed by atoms with Crippen molar-refractivity contribution in [3.05, 3.63) is 27.9 Å². The zero-order valence-electron chi connectivity index (χ0n) is 9.30. The third-order valence-electron chi connectivity index (χ3n) is 2.25. The van der Waals surface area contributed by atoms with Gasteiger partial charge in [0.1, 0.15) is 12.0 Å². The molecule has 0 aliphatic rings. The minimum atomic E-state index is -0.481. The molecule has 6 nitrogen and oxygen atoms in total. The zero-order chi connectivity index (χ0) is 12.1. The first-order valence-corrected chi connectivity index (χ1v) is 5.07. The Morgan fingerprint density at radius 2 is 2.38 bits per heavy atom. The fraction of sp³-hybridized carbons (Fsp3) is 0.500. The highest BCUT2D eigenvalue weighted by Crippen LogP contribution is 2.17. The van der Waals surface area contributed by atoms with Gasteiger partial charge in [0.25, 0.3) is 5.69 Å². The summed E-state index contributed by atoms with van der Waals surface area (Å²) in [6, 6.07) is 1.45. The molecule has 1 aromatic heterocycles. The topological polar surface area (TPSA) is 88.3 Å². The van der Waals surface area contributed by atoms with E-state index in [2.05, 4.69) is 10.3 Å². The molecule has 88 valence electrons. The molecule has 1 unspecified atom stereocenters. The Morgan fingerprint density at radius 1 is 1.69 bits per heavy atom. The van der Waals surface area contributed by atoms with Crippen LogP contribution in [0.5, 0.6) is 0 Å². The predicted molar refractivity (Wildman–Crippen MR) is 60.4 cm³/mol. The van der Waals surface area contributed by atoms with Crippen molar-refractivity contribution < 1.29 is 10.0 Å². The lowest BCUT2D eigenvalue weighted by Gasteiger charge is -2.11. The smallest absolute Gasteiger partial charge is 0.287 e. The first-order chi connectivity index (χ1) is 7.54. The number of nitro groups is 1. The average molecular weight is 225 g/mol. The van der Waals surface area contributed by atoms with Gasteiger partial charge < -0.3 is 10.4 Å². The van der Waals surface area contributed by atoms with Crippen molar-refractivity contribution in [2.45, 2.75) is 26.4 Å². The van der Waals surface area contributed by atoms with E-state index in [0.717, 1.165) is 0 Å². The van der Waals surface area contributed by atoms with Gasteiger partial charge in [-0.1, -0.05) is 6.92 Å². The lowest BCUT2D eigenvalue weighted by Crippen LogP contribution is -2.19. The molecule has 0 bridgehead atoms. The monoisotopic (exact) mass is 225 g/mol. The van der Waals surface area contributed by atoms with Crippen LogP contribution in [0.1, 0.15) is 18.9 Å². The van der Waals surface area contributed by atoms with Crippen LogP contribution in [0.25, 0.3) is 0 Å². The van der Waals surface area contributed by atoms with Gasteiger partial charge in [-0.15, -0.1) is 0 Å². The molecule has 0 aromatic carbocycles. The summed E-state index contributed by atoms with van der Waals surface area (Å²) >= 11 is 0. The summed E-state index contributed by atoms with van der Waals surface area (Å²) in [4.78, 5) is 13.9. The third-order valence-corrected chi connectivity index (χ3v) is 2.25. The standard InChI is InChI=1S/C10H15N3O3/c1-3-9(14)6-12-10-7(2)4-8(5-11-10)13(15)16/h4-5,9,14H,3,6H2,1-2H3,(H,11,12). The third kappa shape index (κ3) is 3.16. The van der Waals surface area contributed by atoms with Gasteiger partial charge in [0.05, 0.1) is 11.0 Å². The maximum Gasteiger partial charge on any atom is 0.287 e. The Bertz CT molecular complexity index is 382. The predicted octanol–water partition coefficient (Wildman–Crippen LogP) is 1.48. The Morgan fingerprint density at radius 3 is 2.88 bits per heavy atom. The van der Waals surface area contributed by atoms with Crippen LogP contribution in [-0.4, -0.2) is 27.7 Å². The van der Waals surface area contributed by atoms with Crippen LogP contribution in [0.15, 0.2) is 12.3 Å². The van der Waals surface area contributed by atoms with Crippen molar-refractivity contribution in [2.24, 2.45) is 0 Å². The minimum absolute atomic E-state index is 0.0286. The number of nitrogens with zero attached hydrogens (tertiary/aromatic N) is 2. The number of pyridine rings is 1. The molecule has 0 fully saturated rings. The summed E-state index contributed by atoms with van der Waals surface area (Å²) in [5, 5.41) is 22.8. The SMILES string of the molecule is CCC(O)CNc1ncc([N+](=O)[O-])cc1C. The molecule has 0 saturated heterocycles. The molecule has 1 heterocycles. The Hall–Kier alpha value is -1.69. The van der Waals surface area contributed by atoms with Crippen molar-refractivity contribution in [1.29, 1.82) is 0 Å². The largest absolute Gasteiger partial charge is 0.391 e. The highest BCUT2D eigenvalue weighted by Gasteiger charge is 2.09. The zero-order valence-corrected chi connectivity index (χ0v) is 9.30. The lowest BCUT2D eigenvalue weighted by atomic mass is 10.2. The first-order valence-electron chi connectivity index (χ1n) is 5.07. The van der Waals surface area contributed by atoms with Crippen LogP contribution in [0.2, 0.25) is 0 Å². The van der Waals surface area contributed by atoms with Crippen LogP contribution in [-0.2, 0) is 0 Å². The molecule has 1 atom stereocenters. The molecule has 1 rings (SSSR count). The minimum Gasteiger partial charge on any atom is -0.391 e. The van der Waals surface area contributed by atoms with Crippen molar-refractivity contribution in [2.75, 3.05) is 11.9 Å². The van der Waals surface area contributed by atoms with Gasteiger partial charge in [-0.05, 0) is 18.9 Å². The van der Waals surface area contributed by atoms with E-state index in [9.17, 15) is 15.2 Å². The molecular formula is C10H15N3O3. The van der Waals surface area contributed by atoms with Crippen LogP contribution >= 0.6 is 0 Å². The summed E-state index contributed by atoms with van der Waals surface area (Å²) in [5.41, 5.74) is 0.664. The highest BCUT2D eigenvalue weighted by molar-refractivity contribution is 5.48. The van der Waals surface area contributed by atoms with Gasteiger partial charge >= 0.3 is 0 Å². The van der Waals surface area contributed by atoms with Gasteiger partial charge in [0.2, 0.25) is 0 Å². The van der Waals surface area contributed by atoms with E-state index in [0.29, 0.717) is 24.3 Å². The molecule has 1 aromatic rings. The summed E-state index contributed by atoms with van der Waals surface area (Å²) in [7, 11) is 0. The van der Waals surface area contributed by atoms with Gasteiger partial charge in [-0.25, -0.2) is 4.98 Å². The number of aryl methyl sites for hydroxylation is 1. The Labute approximate surface area is 93.5 Å². The van der Waals surface area contributed by atoms with Crippen LogP contribution in [0.3, 0.4) is 0 Å². The van der Waals surface area contributed by atoms with Crippen molar-refractivity contribution in [1.82, 2.24) is 4.98 Å². The Balaban J connectivity index is 2.72. The van der Waals surface area contributed by atoms with E-state index >= 15 is 0 Å². The summed E-state index contributed by atoms with van der Waals surface area (Å²) in [6.07, 6.45) is 1.42. The maximum absolute atomic E-state index is 10.5. The van der Waals surface area contributed by atoms with Crippen LogP contribution in [0.4, 0.5) is 11.5 Å². The number of aliphatic hydroxyl groups is 1. The van der Waals surface area contributed by atoms with E-state index in [1.807, 2.05) is 6.92 Å². The number of rotatable bonds is 5. The van der Waals surface area contributed by atoms with E-state index in [1.165, 1.54) is 12.3 Å². The number of hydrogen-bond acceptors (Lipinski definition) is 5. The average Bonchev–Trinajstić information content (AvgIpc) is 2.26. The quantitative estimate of drug-likeness (QED) is 0.585. The van der Waals surface area contributed by atoms with E-state index in [1.54, 1.807) is 6.92 Å². The van der Waals surface area contributed by atoms with Crippen molar-refractivity contribution in [3.8, 4) is 0 Å². The van der Waals surface area contributed by atoms with E-state index < -0.39 is 11.0 Å². The molecule has 0 aliphatic carbocycles. The highest BCUT2D eigenvalue weighted by atomic mass is 16.6. The molecule has 2 N–H and O–H groups in total. The second-order valence-corrected chi connectivity index (χ2v) is 3.56. The van der Waals surface area contributed by atoms with Crippen molar-refractivity contribution in [3.63, 3.8) is 0 Å². The molecule has 0 amide bonds. The number of nitrogens with one attached hydrogen (secondary N) is 1. The number of hydrogen-bond donors (Lipinski definition) is 2. The van der Waals surface area contributed by atoms with Crippen LogP contribution in [0, 0.1) is 17.0 Å². The molecule has 0 radical (unpaired) electrons. The van der Waals surface area contributed by atoms with Gasteiger partial charge in [0, 0.05) is 12.6 Å². The normalized spacial score (nSPS) is 12.2. The van der Waals surface area contributed by atoms with Gasteiger partial charge in [-0.2, -0.15) is 0 Å². The first kappa shape index (κ1) is 12.4. The fourth-order valence-electron chi connectivity index (χ4n) is 1.20. The number of anilines is 1. The maximum atomic E-state index is 10.5. The van der Waals surface area contributed by atoms with Gasteiger partial charge in [-0.3, -0.25) is 10.1 Å². The fourth-order valence-corrected chi connectivity index (χ4v) is 1.20. The van der Waals surface area contributed by atoms with E-state index in [-0.39, 0.29) is 5.69 Å². The molecule has 0 saturated carbocycles. The van der Waals surface area contributed by atoms with Crippen molar-refractivity contribution >= 4 is 11.5 Å². The molecule has 0 aliphatic heterocycles. The lowest BCUT2D eigenvalue weighted by molar-refractivity contribution is -0.385. The van der Waals surface area contributed by atoms with Gasteiger partial charge in [0.15, 0.2) is 0 Å². The summed E-state index contributed by atoms with van der Waals surface area (Å²) in [5.74, 6) is 0.568. The molecular weight excluding hydrogens is 210 g/mol. The second kappa shape index (κ2) is 5.41. The molecule has 16 heavy (non-hydrogen) atoms. The second-order valence-electron chi connectivity index (χ2n) is 3.56.